The number of H-pyrrole nitrogens is 2. The molecule has 1 aliphatic carbocycles. The molecule has 1 saturated carbocycles. The molecule has 2 aromatic carbocycles. The molecule has 8 rings (SSSR count). The third-order valence-corrected chi connectivity index (χ3v) is 10.5. The van der Waals surface area contributed by atoms with Crippen molar-refractivity contribution in [1.29, 1.82) is 0 Å². The molecule has 12 nitrogen and oxygen atoms in total. The summed E-state index contributed by atoms with van der Waals surface area (Å²) in [5, 5.41) is 0. The van der Waals surface area contributed by atoms with Crippen molar-refractivity contribution in [3.63, 3.8) is 0 Å². The van der Waals surface area contributed by atoms with E-state index in [4.69, 9.17) is 28.9 Å². The number of amides is 2. The van der Waals surface area contributed by atoms with Gasteiger partial charge in [-0.15, -0.1) is 0 Å². The molecule has 0 bridgehead atoms. The molecule has 4 aliphatic rings. The molecule has 2 aromatic heterocycles. The highest BCUT2D eigenvalue weighted by atomic mass is 16.6. The summed E-state index contributed by atoms with van der Waals surface area (Å²) in [6, 6.07) is 12.1. The van der Waals surface area contributed by atoms with Crippen LogP contribution >= 0.6 is 0 Å². The summed E-state index contributed by atoms with van der Waals surface area (Å²) in [4.78, 5) is 46.0. The summed E-state index contributed by atoms with van der Waals surface area (Å²) >= 11 is 0. The predicted molar refractivity (Wildman–Crippen MR) is 200 cm³/mol. The zero-order valence-corrected chi connectivity index (χ0v) is 31.6. The number of rotatable bonds is 4. The van der Waals surface area contributed by atoms with Gasteiger partial charge in [0.15, 0.2) is 0 Å². The highest BCUT2D eigenvalue weighted by molar-refractivity contribution is 5.81. The van der Waals surface area contributed by atoms with E-state index in [9.17, 15) is 9.59 Å². The molecule has 4 aromatic rings. The van der Waals surface area contributed by atoms with Crippen LogP contribution in [0, 0.1) is 5.41 Å². The van der Waals surface area contributed by atoms with Crippen LogP contribution in [0.4, 0.5) is 9.59 Å². The number of aromatic nitrogens is 4. The molecule has 2 N–H and O–H groups in total. The SMILES string of the molecule is CC(C)(C)OC(=O)N1CCC[C@H]1c1ncc(-c2ccc3c(c2)OCC2(CC2)COc2cc(-c4cnc([C@@H]5CCCN5C(=O)OC(C)(C)C)[nH]4)ccc2-3)[nH]1. The van der Waals surface area contributed by atoms with E-state index >= 15 is 0 Å². The molecule has 5 heterocycles. The first-order valence-electron chi connectivity index (χ1n) is 18.9. The van der Waals surface area contributed by atoms with Gasteiger partial charge in [-0.2, -0.15) is 0 Å². The van der Waals surface area contributed by atoms with Crippen LogP contribution in [-0.2, 0) is 9.47 Å². The van der Waals surface area contributed by atoms with Gasteiger partial charge in [-0.05, 0) is 104 Å². The van der Waals surface area contributed by atoms with Crippen LogP contribution in [0.1, 0.15) is 104 Å². The summed E-state index contributed by atoms with van der Waals surface area (Å²) < 4.78 is 24.6. The number of hydrogen-bond acceptors (Lipinski definition) is 8. The van der Waals surface area contributed by atoms with Crippen LogP contribution in [0.25, 0.3) is 33.6 Å². The number of nitrogens with zero attached hydrogens (tertiary/aromatic N) is 4. The highest BCUT2D eigenvalue weighted by Gasteiger charge is 2.45. The van der Waals surface area contributed by atoms with Gasteiger partial charge in [-0.3, -0.25) is 9.80 Å². The average molecular weight is 723 g/mol. The van der Waals surface area contributed by atoms with Crippen LogP contribution in [0.5, 0.6) is 11.5 Å². The Kier molecular flexibility index (Phi) is 8.69. The van der Waals surface area contributed by atoms with Gasteiger partial charge in [-0.1, -0.05) is 12.1 Å². The van der Waals surface area contributed by atoms with Crippen molar-refractivity contribution < 1.29 is 28.5 Å². The number of imidazole rings is 2. The molecule has 0 unspecified atom stereocenters. The molecule has 280 valence electrons. The summed E-state index contributed by atoms with van der Waals surface area (Å²) in [5.74, 6) is 3.08. The fourth-order valence-corrected chi connectivity index (χ4v) is 7.52. The molecule has 2 atom stereocenters. The van der Waals surface area contributed by atoms with E-state index in [1.807, 2.05) is 53.9 Å². The highest BCUT2D eigenvalue weighted by Crippen LogP contribution is 2.50. The summed E-state index contributed by atoms with van der Waals surface area (Å²) in [6.07, 6.45) is 8.59. The quantitative estimate of drug-likeness (QED) is 0.213. The molecule has 2 amide bonds. The zero-order valence-electron chi connectivity index (χ0n) is 31.6. The maximum absolute atomic E-state index is 13.0. The van der Waals surface area contributed by atoms with Gasteiger partial charge in [0, 0.05) is 40.8 Å². The molecule has 3 fully saturated rings. The van der Waals surface area contributed by atoms with Crippen molar-refractivity contribution in [2.45, 2.75) is 103 Å². The Morgan fingerprint density at radius 3 is 1.55 bits per heavy atom. The number of ether oxygens (including phenoxy) is 4. The standard InChI is InChI=1S/C41H50N6O6/c1-39(2,3)52-37(48)46-17-7-9-31(46)35-42-21-29(44-35)25-11-13-27-28-14-12-26(20-34(28)51-24-41(15-16-41)23-50-33(27)19-25)30-22-43-36(45-30)32-10-8-18-47(32)38(49)53-40(4,5)6/h11-14,19-22,31-32H,7-10,15-18,23-24H2,1-6H3,(H,42,44)(H,43,45)/t31-,32-/m0/s1. The number of nitrogens with one attached hydrogen (secondary N) is 2. The van der Waals surface area contributed by atoms with Gasteiger partial charge in [0.25, 0.3) is 0 Å². The van der Waals surface area contributed by atoms with Gasteiger partial charge in [-0.25, -0.2) is 19.6 Å². The first kappa shape index (κ1) is 35.1. The fraction of sp³-hybridized carbons (Fsp3) is 0.512. The number of hydrogen-bond donors (Lipinski definition) is 2. The predicted octanol–water partition coefficient (Wildman–Crippen LogP) is 8.83. The molecule has 3 aliphatic heterocycles. The molecule has 1 spiro atoms. The minimum Gasteiger partial charge on any atom is -0.492 e. The maximum atomic E-state index is 13.0. The fourth-order valence-electron chi connectivity index (χ4n) is 7.52. The number of aromatic amines is 2. The second-order valence-electron chi connectivity index (χ2n) is 17.0. The number of fused-ring (bicyclic) bond motifs is 3. The molecular weight excluding hydrogens is 672 g/mol. The van der Waals surface area contributed by atoms with Crippen molar-refractivity contribution in [3.8, 4) is 45.1 Å². The smallest absolute Gasteiger partial charge is 0.410 e. The Balaban J connectivity index is 1.06. The lowest BCUT2D eigenvalue weighted by molar-refractivity contribution is 0.0208. The van der Waals surface area contributed by atoms with E-state index < -0.39 is 11.2 Å². The van der Waals surface area contributed by atoms with Crippen LogP contribution in [0.2, 0.25) is 0 Å². The second kappa shape index (κ2) is 13.1. The third kappa shape index (κ3) is 7.32. The first-order chi connectivity index (χ1) is 25.2. The normalized spacial score (nSPS) is 20.8. The maximum Gasteiger partial charge on any atom is 0.410 e. The Bertz CT molecular complexity index is 1880. The van der Waals surface area contributed by atoms with Gasteiger partial charge < -0.3 is 28.9 Å². The molecular formula is C41H50N6O6. The molecule has 53 heavy (non-hydrogen) atoms. The molecule has 0 radical (unpaired) electrons. The van der Waals surface area contributed by atoms with Crippen LogP contribution in [-0.4, -0.2) is 79.4 Å². The minimum absolute atomic E-state index is 0.0195. The largest absolute Gasteiger partial charge is 0.492 e. The van der Waals surface area contributed by atoms with Crippen molar-refractivity contribution in [2.75, 3.05) is 26.3 Å². The Labute approximate surface area is 310 Å². The van der Waals surface area contributed by atoms with Gasteiger partial charge in [0.2, 0.25) is 0 Å². The Hall–Kier alpha value is -5.00. The molecule has 2 saturated heterocycles. The summed E-state index contributed by atoms with van der Waals surface area (Å²) in [5.41, 5.74) is 4.37. The third-order valence-electron chi connectivity index (χ3n) is 10.5. The van der Waals surface area contributed by atoms with E-state index in [-0.39, 0.29) is 29.7 Å². The van der Waals surface area contributed by atoms with Gasteiger partial charge >= 0.3 is 12.2 Å². The number of likely N-dealkylation sites (tertiary alicyclic amines) is 2. The van der Waals surface area contributed by atoms with Crippen molar-refractivity contribution >= 4 is 12.2 Å². The summed E-state index contributed by atoms with van der Waals surface area (Å²) in [6.45, 7) is 13.7. The minimum atomic E-state index is -0.562. The van der Waals surface area contributed by atoms with Crippen molar-refractivity contribution in [2.24, 2.45) is 5.41 Å². The lowest BCUT2D eigenvalue weighted by Crippen LogP contribution is -2.36. The van der Waals surface area contributed by atoms with E-state index in [0.29, 0.717) is 26.3 Å². The van der Waals surface area contributed by atoms with Crippen molar-refractivity contribution in [1.82, 2.24) is 29.7 Å². The van der Waals surface area contributed by atoms with Gasteiger partial charge in [0.05, 0.1) is 49.1 Å². The van der Waals surface area contributed by atoms with Crippen LogP contribution in [0.15, 0.2) is 48.8 Å². The average Bonchev–Trinajstić information content (AvgIpc) is 3.68. The Morgan fingerprint density at radius 1 is 0.717 bits per heavy atom. The first-order valence-corrected chi connectivity index (χ1v) is 18.9. The molecule has 12 heteroatoms. The van der Waals surface area contributed by atoms with E-state index in [2.05, 4.69) is 46.4 Å². The van der Waals surface area contributed by atoms with Crippen molar-refractivity contribution in [3.05, 3.63) is 60.4 Å². The van der Waals surface area contributed by atoms with E-state index in [0.717, 1.165) is 95.3 Å². The van der Waals surface area contributed by atoms with E-state index in [1.165, 1.54) is 0 Å². The lowest BCUT2D eigenvalue weighted by atomic mass is 9.98. The monoisotopic (exact) mass is 722 g/mol. The number of carbonyl (C=O) groups is 2. The lowest BCUT2D eigenvalue weighted by Gasteiger charge is -2.27. The Morgan fingerprint density at radius 2 is 1.15 bits per heavy atom. The summed E-state index contributed by atoms with van der Waals surface area (Å²) in [7, 11) is 0. The van der Waals surface area contributed by atoms with Crippen LogP contribution in [0.3, 0.4) is 0 Å². The van der Waals surface area contributed by atoms with Crippen LogP contribution < -0.4 is 9.47 Å². The zero-order chi connectivity index (χ0) is 37.1. The van der Waals surface area contributed by atoms with E-state index in [1.54, 1.807) is 9.80 Å². The number of carbonyl (C=O) groups excluding carboxylic acids is 2. The number of benzene rings is 2. The topological polar surface area (TPSA) is 135 Å². The van der Waals surface area contributed by atoms with Gasteiger partial charge in [0.1, 0.15) is 34.3 Å². The second-order valence-corrected chi connectivity index (χ2v) is 17.0.